The SMILES string of the molecule is Nc1cn[nH]c1-c1c[nH]c2c(C(F)(F)F)cccc12. The molecule has 4 N–H and O–H groups in total. The van der Waals surface area contributed by atoms with Gasteiger partial charge in [0, 0.05) is 17.1 Å². The zero-order valence-corrected chi connectivity index (χ0v) is 9.55. The monoisotopic (exact) mass is 266 g/mol. The van der Waals surface area contributed by atoms with Gasteiger partial charge in [0.2, 0.25) is 0 Å². The van der Waals surface area contributed by atoms with Gasteiger partial charge in [0.1, 0.15) is 0 Å². The van der Waals surface area contributed by atoms with Crippen molar-refractivity contribution in [3.63, 3.8) is 0 Å². The van der Waals surface area contributed by atoms with Crippen LogP contribution in [0.5, 0.6) is 0 Å². The molecule has 0 atom stereocenters. The van der Waals surface area contributed by atoms with Crippen LogP contribution in [0.3, 0.4) is 0 Å². The summed E-state index contributed by atoms with van der Waals surface area (Å²) in [5.74, 6) is 0. The lowest BCUT2D eigenvalue weighted by molar-refractivity contribution is -0.136. The van der Waals surface area contributed by atoms with E-state index in [0.717, 1.165) is 6.07 Å². The van der Waals surface area contributed by atoms with Crippen molar-refractivity contribution in [2.45, 2.75) is 6.18 Å². The predicted molar refractivity (Wildman–Crippen MR) is 65.3 cm³/mol. The first kappa shape index (κ1) is 11.6. The Hall–Kier alpha value is -2.44. The average Bonchev–Trinajstić information content (AvgIpc) is 2.92. The quantitative estimate of drug-likeness (QED) is 0.633. The Balaban J connectivity index is 2.29. The molecule has 3 rings (SSSR count). The fourth-order valence-electron chi connectivity index (χ4n) is 2.11. The standard InChI is InChI=1S/C12H9F3N4/c13-12(14,15)8-3-1-2-6-7(4-17-10(6)8)11-9(16)5-18-19-11/h1-5,17H,16H2,(H,18,19). The molecule has 0 saturated heterocycles. The Morgan fingerprint density at radius 2 is 2.00 bits per heavy atom. The number of aromatic nitrogens is 3. The summed E-state index contributed by atoms with van der Waals surface area (Å²) in [5.41, 5.74) is 6.52. The van der Waals surface area contributed by atoms with E-state index in [4.69, 9.17) is 5.73 Å². The molecule has 0 bridgehead atoms. The molecular weight excluding hydrogens is 257 g/mol. The molecule has 0 aliphatic heterocycles. The first-order valence-corrected chi connectivity index (χ1v) is 5.45. The van der Waals surface area contributed by atoms with E-state index in [9.17, 15) is 13.2 Å². The fourth-order valence-corrected chi connectivity index (χ4v) is 2.11. The maximum Gasteiger partial charge on any atom is 0.418 e. The lowest BCUT2D eigenvalue weighted by Crippen LogP contribution is -2.05. The molecular formula is C12H9F3N4. The number of para-hydroxylation sites is 1. The Kier molecular flexibility index (Phi) is 2.31. The van der Waals surface area contributed by atoms with E-state index in [2.05, 4.69) is 15.2 Å². The van der Waals surface area contributed by atoms with Crippen LogP contribution in [-0.2, 0) is 6.18 Å². The molecule has 1 aromatic carbocycles. The highest BCUT2D eigenvalue weighted by atomic mass is 19.4. The van der Waals surface area contributed by atoms with Crippen LogP contribution in [0.4, 0.5) is 18.9 Å². The van der Waals surface area contributed by atoms with Crippen molar-refractivity contribution in [1.82, 2.24) is 15.2 Å². The Labute approximate surface area is 105 Å². The van der Waals surface area contributed by atoms with Gasteiger partial charge in [-0.15, -0.1) is 0 Å². The molecule has 0 aliphatic rings. The molecule has 0 spiro atoms. The van der Waals surface area contributed by atoms with Crippen LogP contribution < -0.4 is 5.73 Å². The van der Waals surface area contributed by atoms with Crippen molar-refractivity contribution in [2.24, 2.45) is 0 Å². The zero-order chi connectivity index (χ0) is 13.6. The van der Waals surface area contributed by atoms with Crippen molar-refractivity contribution >= 4 is 16.6 Å². The van der Waals surface area contributed by atoms with Gasteiger partial charge in [-0.05, 0) is 6.07 Å². The van der Waals surface area contributed by atoms with E-state index in [0.29, 0.717) is 22.3 Å². The number of fused-ring (bicyclic) bond motifs is 1. The molecule has 4 nitrogen and oxygen atoms in total. The number of halogens is 3. The Morgan fingerprint density at radius 1 is 1.21 bits per heavy atom. The molecule has 2 heterocycles. The molecule has 0 amide bonds. The number of nitrogens with one attached hydrogen (secondary N) is 2. The maximum absolute atomic E-state index is 12.9. The van der Waals surface area contributed by atoms with Gasteiger partial charge >= 0.3 is 6.18 Å². The summed E-state index contributed by atoms with van der Waals surface area (Å²) in [6.45, 7) is 0. The van der Waals surface area contributed by atoms with Gasteiger partial charge in [-0.2, -0.15) is 18.3 Å². The second kappa shape index (κ2) is 3.78. The van der Waals surface area contributed by atoms with Gasteiger partial charge in [-0.3, -0.25) is 5.10 Å². The summed E-state index contributed by atoms with van der Waals surface area (Å²) in [7, 11) is 0. The number of nitrogens with zero attached hydrogens (tertiary/aromatic N) is 1. The Morgan fingerprint density at radius 3 is 2.63 bits per heavy atom. The van der Waals surface area contributed by atoms with Crippen LogP contribution >= 0.6 is 0 Å². The molecule has 3 aromatic rings. The normalized spacial score (nSPS) is 12.2. The Bertz CT molecular complexity index is 739. The molecule has 0 unspecified atom stereocenters. The van der Waals surface area contributed by atoms with Crippen molar-refractivity contribution < 1.29 is 13.2 Å². The third-order valence-electron chi connectivity index (χ3n) is 2.96. The molecule has 98 valence electrons. The van der Waals surface area contributed by atoms with E-state index in [-0.39, 0.29) is 5.52 Å². The number of hydrogen-bond acceptors (Lipinski definition) is 2. The lowest BCUT2D eigenvalue weighted by Gasteiger charge is -2.07. The van der Waals surface area contributed by atoms with Crippen molar-refractivity contribution in [1.29, 1.82) is 0 Å². The van der Waals surface area contributed by atoms with Crippen LogP contribution in [0.2, 0.25) is 0 Å². The number of nitrogen functional groups attached to an aromatic ring is 1. The number of alkyl halides is 3. The minimum absolute atomic E-state index is 0.0407. The number of nitrogens with two attached hydrogens (primary N) is 1. The summed E-state index contributed by atoms with van der Waals surface area (Å²) in [6.07, 6.45) is -1.49. The molecule has 7 heteroatoms. The van der Waals surface area contributed by atoms with Crippen molar-refractivity contribution in [3.8, 4) is 11.3 Å². The van der Waals surface area contributed by atoms with Gasteiger partial charge in [0.15, 0.2) is 0 Å². The maximum atomic E-state index is 12.9. The number of anilines is 1. The highest BCUT2D eigenvalue weighted by Crippen LogP contribution is 2.38. The smallest absolute Gasteiger partial charge is 0.396 e. The van der Waals surface area contributed by atoms with Crippen LogP contribution in [0.15, 0.2) is 30.6 Å². The third kappa shape index (κ3) is 1.74. The molecule has 0 aliphatic carbocycles. The molecule has 2 aromatic heterocycles. The van der Waals surface area contributed by atoms with Crippen molar-refractivity contribution in [2.75, 3.05) is 5.73 Å². The highest BCUT2D eigenvalue weighted by Gasteiger charge is 2.33. The molecule has 0 fully saturated rings. The summed E-state index contributed by atoms with van der Waals surface area (Å²) in [4.78, 5) is 2.66. The minimum Gasteiger partial charge on any atom is -0.396 e. The van der Waals surface area contributed by atoms with Gasteiger partial charge in [-0.25, -0.2) is 0 Å². The number of hydrogen-bond donors (Lipinski definition) is 3. The van der Waals surface area contributed by atoms with Crippen LogP contribution in [-0.4, -0.2) is 15.2 Å². The van der Waals surface area contributed by atoms with E-state index < -0.39 is 11.7 Å². The number of benzene rings is 1. The second-order valence-corrected chi connectivity index (χ2v) is 4.13. The summed E-state index contributed by atoms with van der Waals surface area (Å²) >= 11 is 0. The summed E-state index contributed by atoms with van der Waals surface area (Å²) in [5, 5.41) is 6.90. The van der Waals surface area contributed by atoms with Crippen molar-refractivity contribution in [3.05, 3.63) is 36.2 Å². The van der Waals surface area contributed by atoms with E-state index in [1.165, 1.54) is 18.5 Å². The second-order valence-electron chi connectivity index (χ2n) is 4.13. The lowest BCUT2D eigenvalue weighted by atomic mass is 10.1. The molecule has 19 heavy (non-hydrogen) atoms. The first-order chi connectivity index (χ1) is 8.98. The fraction of sp³-hybridized carbons (Fsp3) is 0.0833. The highest BCUT2D eigenvalue weighted by molar-refractivity contribution is 5.98. The van der Waals surface area contributed by atoms with E-state index in [1.54, 1.807) is 6.07 Å². The van der Waals surface area contributed by atoms with Crippen LogP contribution in [0.1, 0.15) is 5.56 Å². The zero-order valence-electron chi connectivity index (χ0n) is 9.55. The summed E-state index contributed by atoms with van der Waals surface area (Å²) in [6, 6.07) is 4.02. The predicted octanol–water partition coefficient (Wildman–Crippen LogP) is 3.16. The average molecular weight is 266 g/mol. The topological polar surface area (TPSA) is 70.5 Å². The number of aromatic amines is 2. The first-order valence-electron chi connectivity index (χ1n) is 5.45. The molecule has 0 saturated carbocycles. The minimum atomic E-state index is -4.40. The number of rotatable bonds is 1. The molecule has 0 radical (unpaired) electrons. The van der Waals surface area contributed by atoms with E-state index in [1.807, 2.05) is 0 Å². The van der Waals surface area contributed by atoms with Gasteiger partial charge in [0.25, 0.3) is 0 Å². The van der Waals surface area contributed by atoms with Crippen LogP contribution in [0, 0.1) is 0 Å². The summed E-state index contributed by atoms with van der Waals surface area (Å²) < 4.78 is 38.7. The van der Waals surface area contributed by atoms with E-state index >= 15 is 0 Å². The largest absolute Gasteiger partial charge is 0.418 e. The van der Waals surface area contributed by atoms with Gasteiger partial charge in [-0.1, -0.05) is 12.1 Å². The van der Waals surface area contributed by atoms with Crippen LogP contribution in [0.25, 0.3) is 22.2 Å². The van der Waals surface area contributed by atoms with Gasteiger partial charge in [0.05, 0.1) is 28.7 Å². The third-order valence-corrected chi connectivity index (χ3v) is 2.96. The number of H-pyrrole nitrogens is 2. The van der Waals surface area contributed by atoms with Gasteiger partial charge < -0.3 is 10.7 Å².